The minimum atomic E-state index is -0.916. The Labute approximate surface area is 188 Å². The minimum Gasteiger partial charge on any atom is -0.481 e. The predicted molar refractivity (Wildman–Crippen MR) is 122 cm³/mol. The van der Waals surface area contributed by atoms with Crippen LogP contribution in [0.5, 0.6) is 0 Å². The summed E-state index contributed by atoms with van der Waals surface area (Å²) in [7, 11) is 0. The molecule has 1 aromatic heterocycles. The van der Waals surface area contributed by atoms with Gasteiger partial charge in [0, 0.05) is 4.88 Å². The van der Waals surface area contributed by atoms with E-state index in [1.54, 1.807) is 6.92 Å². The van der Waals surface area contributed by atoms with Gasteiger partial charge in [0.25, 0.3) is 0 Å². The summed E-state index contributed by atoms with van der Waals surface area (Å²) in [4.78, 5) is 38.7. The van der Waals surface area contributed by atoms with Crippen molar-refractivity contribution in [3.05, 3.63) is 16.0 Å². The Morgan fingerprint density at radius 3 is 2.42 bits per heavy atom. The second-order valence-electron chi connectivity index (χ2n) is 9.54. The van der Waals surface area contributed by atoms with Crippen molar-refractivity contribution in [2.24, 2.45) is 23.2 Å². The highest BCUT2D eigenvalue weighted by Crippen LogP contribution is 2.46. The molecule has 31 heavy (non-hydrogen) atoms. The molecule has 0 aromatic carbocycles. The maximum absolute atomic E-state index is 13.1. The lowest BCUT2D eigenvalue weighted by Crippen LogP contribution is -2.36. The fraction of sp³-hybridized carbons (Fsp3) is 0.708. The fourth-order valence-corrected chi connectivity index (χ4v) is 6.31. The summed E-state index contributed by atoms with van der Waals surface area (Å²) in [5.74, 6) is -2.31. The van der Waals surface area contributed by atoms with Gasteiger partial charge in [0.05, 0.1) is 24.0 Å². The van der Waals surface area contributed by atoms with Crippen LogP contribution in [-0.4, -0.2) is 29.6 Å². The summed E-state index contributed by atoms with van der Waals surface area (Å²) in [6, 6.07) is 0. The molecule has 3 atom stereocenters. The zero-order valence-corrected chi connectivity index (χ0v) is 19.9. The Hall–Kier alpha value is -1.89. The highest BCUT2D eigenvalue weighted by atomic mass is 32.1. The van der Waals surface area contributed by atoms with Crippen molar-refractivity contribution in [3.8, 4) is 0 Å². The predicted octanol–water partition coefficient (Wildman–Crippen LogP) is 5.30. The highest BCUT2D eigenvalue weighted by molar-refractivity contribution is 7.17. The smallest absolute Gasteiger partial charge is 0.341 e. The molecule has 0 spiro atoms. The average Bonchev–Trinajstić information content (AvgIpc) is 3.10. The van der Waals surface area contributed by atoms with Gasteiger partial charge >= 0.3 is 11.9 Å². The SMILES string of the molecule is CCOC(=O)c1c(NC(=O)[C@H]2CCCC[C@@H]2C(=O)O)sc2c1CC[C@H](C(C)(C)CC)C2. The first-order valence-electron chi connectivity index (χ1n) is 11.5. The summed E-state index contributed by atoms with van der Waals surface area (Å²) in [6.45, 7) is 8.84. The molecule has 0 unspecified atom stereocenters. The van der Waals surface area contributed by atoms with Crippen molar-refractivity contribution in [3.63, 3.8) is 0 Å². The molecule has 1 fully saturated rings. The number of aliphatic carboxylic acids is 1. The van der Waals surface area contributed by atoms with Gasteiger partial charge in [-0.1, -0.05) is 40.0 Å². The fourth-order valence-electron chi connectivity index (χ4n) is 4.99. The lowest BCUT2D eigenvalue weighted by Gasteiger charge is -2.36. The molecule has 0 saturated heterocycles. The van der Waals surface area contributed by atoms with Crippen molar-refractivity contribution in [1.82, 2.24) is 0 Å². The number of amides is 1. The van der Waals surface area contributed by atoms with E-state index in [2.05, 4.69) is 26.1 Å². The molecule has 7 heteroatoms. The van der Waals surface area contributed by atoms with E-state index in [0.29, 0.717) is 29.3 Å². The Kier molecular flexibility index (Phi) is 7.45. The van der Waals surface area contributed by atoms with Crippen LogP contribution in [-0.2, 0) is 27.2 Å². The van der Waals surface area contributed by atoms with Crippen molar-refractivity contribution in [2.75, 3.05) is 11.9 Å². The monoisotopic (exact) mass is 449 g/mol. The maximum Gasteiger partial charge on any atom is 0.341 e. The summed E-state index contributed by atoms with van der Waals surface area (Å²) in [6.07, 6.45) is 6.55. The van der Waals surface area contributed by atoms with E-state index in [9.17, 15) is 19.5 Å². The van der Waals surface area contributed by atoms with Gasteiger partial charge in [-0.05, 0) is 55.9 Å². The number of nitrogens with one attached hydrogen (secondary N) is 1. The Bertz CT molecular complexity index is 843. The Morgan fingerprint density at radius 1 is 1.13 bits per heavy atom. The molecule has 0 aliphatic heterocycles. The number of esters is 1. The van der Waals surface area contributed by atoms with Gasteiger partial charge in [-0.3, -0.25) is 9.59 Å². The largest absolute Gasteiger partial charge is 0.481 e. The molecule has 1 heterocycles. The standard InChI is InChI=1S/C24H35NO5S/c1-5-24(3,4)14-11-12-17-18(13-14)31-21(19(17)23(29)30-6-2)25-20(26)15-9-7-8-10-16(15)22(27)28/h14-16H,5-13H2,1-4H3,(H,25,26)(H,27,28)/t14-,15-,16-/m0/s1. The van der Waals surface area contributed by atoms with Crippen molar-refractivity contribution in [1.29, 1.82) is 0 Å². The van der Waals surface area contributed by atoms with Crippen LogP contribution < -0.4 is 5.32 Å². The molecule has 172 valence electrons. The van der Waals surface area contributed by atoms with Crippen LogP contribution in [0.25, 0.3) is 0 Å². The average molecular weight is 450 g/mol. The number of carbonyl (C=O) groups is 3. The topological polar surface area (TPSA) is 92.7 Å². The molecule has 1 amide bonds. The third-order valence-electron chi connectivity index (χ3n) is 7.42. The maximum atomic E-state index is 13.1. The second kappa shape index (κ2) is 9.72. The van der Waals surface area contributed by atoms with Gasteiger partial charge in [-0.2, -0.15) is 0 Å². The number of hydrogen-bond acceptors (Lipinski definition) is 5. The zero-order chi connectivity index (χ0) is 22.8. The molecular weight excluding hydrogens is 414 g/mol. The first-order chi connectivity index (χ1) is 14.7. The summed E-state index contributed by atoms with van der Waals surface area (Å²) >= 11 is 1.47. The molecule has 2 N–H and O–H groups in total. The minimum absolute atomic E-state index is 0.214. The molecule has 0 bridgehead atoms. The van der Waals surface area contributed by atoms with Crippen LogP contribution >= 0.6 is 11.3 Å². The Balaban J connectivity index is 1.90. The molecule has 2 aliphatic carbocycles. The van der Waals surface area contributed by atoms with Crippen molar-refractivity contribution >= 4 is 34.2 Å². The van der Waals surface area contributed by atoms with Crippen molar-refractivity contribution < 1.29 is 24.2 Å². The molecular formula is C24H35NO5S. The molecule has 0 radical (unpaired) electrons. The van der Waals surface area contributed by atoms with Crippen LogP contribution in [0, 0.1) is 23.2 Å². The van der Waals surface area contributed by atoms with E-state index in [0.717, 1.165) is 49.0 Å². The van der Waals surface area contributed by atoms with Crippen LogP contribution in [0.3, 0.4) is 0 Å². The number of carboxylic acids is 1. The number of ether oxygens (including phenoxy) is 1. The summed E-state index contributed by atoms with van der Waals surface area (Å²) in [5, 5.41) is 13.0. The highest BCUT2D eigenvalue weighted by Gasteiger charge is 2.38. The molecule has 3 rings (SSSR count). The van der Waals surface area contributed by atoms with Gasteiger partial charge in [0.15, 0.2) is 0 Å². The van der Waals surface area contributed by atoms with Crippen LogP contribution in [0.2, 0.25) is 0 Å². The van der Waals surface area contributed by atoms with Gasteiger partial charge in [-0.15, -0.1) is 11.3 Å². The quantitative estimate of drug-likeness (QED) is 0.551. The van der Waals surface area contributed by atoms with E-state index >= 15 is 0 Å². The number of rotatable bonds is 7. The summed E-state index contributed by atoms with van der Waals surface area (Å²) < 4.78 is 5.32. The van der Waals surface area contributed by atoms with E-state index in [4.69, 9.17) is 4.74 Å². The number of thiophene rings is 1. The number of carboxylic acid groups (broad SMARTS) is 1. The van der Waals surface area contributed by atoms with Crippen molar-refractivity contribution in [2.45, 2.75) is 79.1 Å². The Morgan fingerprint density at radius 2 is 1.81 bits per heavy atom. The van der Waals surface area contributed by atoms with E-state index in [-0.39, 0.29) is 17.9 Å². The lowest BCUT2D eigenvalue weighted by atomic mass is 9.69. The van der Waals surface area contributed by atoms with Gasteiger partial charge < -0.3 is 15.2 Å². The first-order valence-corrected chi connectivity index (χ1v) is 12.4. The molecule has 1 aromatic rings. The second-order valence-corrected chi connectivity index (χ2v) is 10.6. The molecule has 6 nitrogen and oxygen atoms in total. The van der Waals surface area contributed by atoms with Crippen LogP contribution in [0.15, 0.2) is 0 Å². The van der Waals surface area contributed by atoms with E-state index < -0.39 is 23.8 Å². The third kappa shape index (κ3) is 4.97. The van der Waals surface area contributed by atoms with Gasteiger partial charge in [0.2, 0.25) is 5.91 Å². The number of carbonyl (C=O) groups excluding carboxylic acids is 2. The first kappa shape index (κ1) is 23.8. The van der Waals surface area contributed by atoms with Crippen LogP contribution in [0.4, 0.5) is 5.00 Å². The summed E-state index contributed by atoms with van der Waals surface area (Å²) in [5.41, 5.74) is 1.69. The molecule has 2 aliphatic rings. The molecule has 1 saturated carbocycles. The number of fused-ring (bicyclic) bond motifs is 1. The zero-order valence-electron chi connectivity index (χ0n) is 19.1. The lowest BCUT2D eigenvalue weighted by molar-refractivity contribution is -0.147. The third-order valence-corrected chi connectivity index (χ3v) is 8.59. The van der Waals surface area contributed by atoms with E-state index in [1.807, 2.05) is 0 Å². The number of hydrogen-bond donors (Lipinski definition) is 2. The van der Waals surface area contributed by atoms with E-state index in [1.165, 1.54) is 11.3 Å². The van der Waals surface area contributed by atoms with Gasteiger partial charge in [-0.25, -0.2) is 4.79 Å². The van der Waals surface area contributed by atoms with Gasteiger partial charge in [0.1, 0.15) is 5.00 Å². The normalized spacial score (nSPS) is 23.7. The van der Waals surface area contributed by atoms with Crippen LogP contribution in [0.1, 0.15) is 87.0 Å². The number of anilines is 1.